The van der Waals surface area contributed by atoms with Crippen LogP contribution in [0.4, 0.5) is 0 Å². The smallest absolute Gasteiger partial charge is 0.102 e. The standard InChI is InChI=1S/C9H10BrN3S/c10-6-3-9(14-5-6)8-4-7(1-2-11)12-13-8/h3-5H,1-2,11H2,(H,12,13). The molecule has 0 unspecified atom stereocenters. The Morgan fingerprint density at radius 2 is 2.36 bits per heavy atom. The molecule has 0 aliphatic carbocycles. The summed E-state index contributed by atoms with van der Waals surface area (Å²) >= 11 is 5.09. The summed E-state index contributed by atoms with van der Waals surface area (Å²) < 4.78 is 1.10. The van der Waals surface area contributed by atoms with Crippen molar-refractivity contribution in [1.82, 2.24) is 10.2 Å². The minimum atomic E-state index is 0.649. The van der Waals surface area contributed by atoms with Crippen molar-refractivity contribution in [2.45, 2.75) is 6.42 Å². The van der Waals surface area contributed by atoms with E-state index in [1.807, 2.05) is 11.4 Å². The SMILES string of the molecule is NCCc1cc(-c2cc(Br)cs2)n[nH]1. The number of hydrogen-bond donors (Lipinski definition) is 2. The highest BCUT2D eigenvalue weighted by molar-refractivity contribution is 9.10. The number of H-pyrrole nitrogens is 1. The maximum Gasteiger partial charge on any atom is 0.102 e. The molecule has 14 heavy (non-hydrogen) atoms. The monoisotopic (exact) mass is 271 g/mol. The first kappa shape index (κ1) is 9.89. The fraction of sp³-hybridized carbons (Fsp3) is 0.222. The highest BCUT2D eigenvalue weighted by Gasteiger charge is 2.05. The predicted octanol–water partition coefficient (Wildman–Crippen LogP) is 2.40. The minimum absolute atomic E-state index is 0.649. The van der Waals surface area contributed by atoms with Crippen LogP contribution in [0.5, 0.6) is 0 Å². The Morgan fingerprint density at radius 1 is 1.50 bits per heavy atom. The summed E-state index contributed by atoms with van der Waals surface area (Å²) in [5, 5.41) is 9.25. The first-order valence-corrected chi connectivity index (χ1v) is 5.95. The summed E-state index contributed by atoms with van der Waals surface area (Å²) in [5.41, 5.74) is 7.54. The summed E-state index contributed by atoms with van der Waals surface area (Å²) in [4.78, 5) is 1.16. The molecule has 0 saturated heterocycles. The molecule has 0 radical (unpaired) electrons. The molecule has 3 N–H and O–H groups in total. The molecule has 0 bridgehead atoms. The number of thiophene rings is 1. The van der Waals surface area contributed by atoms with Crippen molar-refractivity contribution in [2.24, 2.45) is 5.73 Å². The normalized spacial score (nSPS) is 10.7. The van der Waals surface area contributed by atoms with Crippen LogP contribution >= 0.6 is 27.3 Å². The van der Waals surface area contributed by atoms with Crippen LogP contribution in [0.25, 0.3) is 10.6 Å². The van der Waals surface area contributed by atoms with E-state index in [1.165, 1.54) is 0 Å². The average Bonchev–Trinajstić information content (AvgIpc) is 2.74. The first-order valence-electron chi connectivity index (χ1n) is 4.28. The fourth-order valence-electron chi connectivity index (χ4n) is 1.22. The van der Waals surface area contributed by atoms with Crippen LogP contribution in [-0.4, -0.2) is 16.7 Å². The number of nitrogens with two attached hydrogens (primary N) is 1. The van der Waals surface area contributed by atoms with E-state index in [-0.39, 0.29) is 0 Å². The molecular formula is C9H10BrN3S. The second kappa shape index (κ2) is 4.25. The number of rotatable bonds is 3. The molecule has 0 amide bonds. The fourth-order valence-corrected chi connectivity index (χ4v) is 2.61. The van der Waals surface area contributed by atoms with Crippen molar-refractivity contribution in [3.05, 3.63) is 27.7 Å². The Labute approximate surface area is 94.5 Å². The van der Waals surface area contributed by atoms with E-state index >= 15 is 0 Å². The molecule has 2 aromatic heterocycles. The molecule has 3 nitrogen and oxygen atoms in total. The zero-order valence-corrected chi connectivity index (χ0v) is 9.86. The van der Waals surface area contributed by atoms with Gasteiger partial charge in [-0.25, -0.2) is 0 Å². The molecule has 0 aliphatic heterocycles. The van der Waals surface area contributed by atoms with Crippen molar-refractivity contribution in [2.75, 3.05) is 6.54 Å². The molecule has 0 spiro atoms. The van der Waals surface area contributed by atoms with Gasteiger partial charge in [-0.2, -0.15) is 5.10 Å². The number of aromatic nitrogens is 2. The highest BCUT2D eigenvalue weighted by Crippen LogP contribution is 2.28. The average molecular weight is 272 g/mol. The topological polar surface area (TPSA) is 54.7 Å². The van der Waals surface area contributed by atoms with Gasteiger partial charge in [0.15, 0.2) is 0 Å². The molecule has 0 aromatic carbocycles. The molecular weight excluding hydrogens is 262 g/mol. The molecule has 2 aromatic rings. The van der Waals surface area contributed by atoms with Gasteiger partial charge in [-0.3, -0.25) is 5.10 Å². The summed E-state index contributed by atoms with van der Waals surface area (Å²) in [5.74, 6) is 0. The van der Waals surface area contributed by atoms with Gasteiger partial charge >= 0.3 is 0 Å². The van der Waals surface area contributed by atoms with Gasteiger partial charge in [-0.05, 0) is 34.6 Å². The maximum atomic E-state index is 5.46. The summed E-state index contributed by atoms with van der Waals surface area (Å²) in [6.45, 7) is 0.649. The van der Waals surface area contributed by atoms with E-state index in [9.17, 15) is 0 Å². The van der Waals surface area contributed by atoms with Crippen molar-refractivity contribution < 1.29 is 0 Å². The van der Waals surface area contributed by atoms with Gasteiger partial charge in [0.2, 0.25) is 0 Å². The van der Waals surface area contributed by atoms with E-state index < -0.39 is 0 Å². The zero-order valence-electron chi connectivity index (χ0n) is 7.46. The summed E-state index contributed by atoms with van der Waals surface area (Å²) in [6.07, 6.45) is 0.847. The Kier molecular flexibility index (Phi) is 3.00. The van der Waals surface area contributed by atoms with Crippen molar-refractivity contribution in [1.29, 1.82) is 0 Å². The van der Waals surface area contributed by atoms with Crippen LogP contribution in [0.3, 0.4) is 0 Å². The third-order valence-corrected chi connectivity index (χ3v) is 3.58. The Bertz CT molecular complexity index is 421. The van der Waals surface area contributed by atoms with Gasteiger partial charge < -0.3 is 5.73 Å². The van der Waals surface area contributed by atoms with Crippen LogP contribution in [0.2, 0.25) is 0 Å². The second-order valence-electron chi connectivity index (χ2n) is 2.95. The summed E-state index contributed by atoms with van der Waals surface area (Å²) in [6, 6.07) is 4.11. The Hall–Kier alpha value is -0.650. The lowest BCUT2D eigenvalue weighted by Gasteiger charge is -1.87. The first-order chi connectivity index (χ1) is 6.79. The highest BCUT2D eigenvalue weighted by atomic mass is 79.9. The molecule has 0 fully saturated rings. The quantitative estimate of drug-likeness (QED) is 0.901. The third-order valence-electron chi connectivity index (χ3n) is 1.86. The van der Waals surface area contributed by atoms with E-state index in [4.69, 9.17) is 5.73 Å². The van der Waals surface area contributed by atoms with Gasteiger partial charge in [-0.15, -0.1) is 11.3 Å². The summed E-state index contributed by atoms with van der Waals surface area (Å²) in [7, 11) is 0. The number of halogens is 1. The predicted molar refractivity (Wildman–Crippen MR) is 62.4 cm³/mol. The van der Waals surface area contributed by atoms with E-state index in [0.717, 1.165) is 27.2 Å². The molecule has 0 aliphatic rings. The van der Waals surface area contributed by atoms with Crippen LogP contribution in [0.15, 0.2) is 22.0 Å². The number of nitrogens with one attached hydrogen (secondary N) is 1. The van der Waals surface area contributed by atoms with Gasteiger partial charge in [0.25, 0.3) is 0 Å². The van der Waals surface area contributed by atoms with Crippen LogP contribution in [-0.2, 0) is 6.42 Å². The lowest BCUT2D eigenvalue weighted by molar-refractivity contribution is 0.902. The lowest BCUT2D eigenvalue weighted by Crippen LogP contribution is -2.02. The maximum absolute atomic E-state index is 5.46. The van der Waals surface area contributed by atoms with Gasteiger partial charge in [0, 0.05) is 22.0 Å². The zero-order chi connectivity index (χ0) is 9.97. The van der Waals surface area contributed by atoms with E-state index in [2.05, 4.69) is 32.2 Å². The van der Waals surface area contributed by atoms with E-state index in [0.29, 0.717) is 6.54 Å². The van der Waals surface area contributed by atoms with Gasteiger partial charge in [0.05, 0.1) is 4.88 Å². The molecule has 2 heterocycles. The van der Waals surface area contributed by atoms with Gasteiger partial charge in [-0.1, -0.05) is 0 Å². The minimum Gasteiger partial charge on any atom is -0.330 e. The van der Waals surface area contributed by atoms with Crippen LogP contribution in [0.1, 0.15) is 5.69 Å². The largest absolute Gasteiger partial charge is 0.330 e. The molecule has 74 valence electrons. The second-order valence-corrected chi connectivity index (χ2v) is 4.77. The number of hydrogen-bond acceptors (Lipinski definition) is 3. The molecule has 5 heteroatoms. The lowest BCUT2D eigenvalue weighted by atomic mass is 10.2. The van der Waals surface area contributed by atoms with Crippen molar-refractivity contribution in [3.63, 3.8) is 0 Å². The van der Waals surface area contributed by atoms with Crippen LogP contribution < -0.4 is 5.73 Å². The van der Waals surface area contributed by atoms with Crippen molar-refractivity contribution >= 4 is 27.3 Å². The Balaban J connectivity index is 2.24. The van der Waals surface area contributed by atoms with Crippen LogP contribution in [0, 0.1) is 0 Å². The molecule has 0 atom stereocenters. The van der Waals surface area contributed by atoms with E-state index in [1.54, 1.807) is 11.3 Å². The van der Waals surface area contributed by atoms with Crippen molar-refractivity contribution in [3.8, 4) is 10.6 Å². The Morgan fingerprint density at radius 3 is 3.00 bits per heavy atom. The number of aromatic amines is 1. The van der Waals surface area contributed by atoms with Gasteiger partial charge in [0.1, 0.15) is 5.69 Å². The molecule has 0 saturated carbocycles. The third kappa shape index (κ3) is 2.05. The molecule has 2 rings (SSSR count). The number of nitrogens with zero attached hydrogens (tertiary/aromatic N) is 1.